The first-order valence-electron chi connectivity index (χ1n) is 11.0. The summed E-state index contributed by atoms with van der Waals surface area (Å²) in [5.74, 6) is -1.30. The van der Waals surface area contributed by atoms with E-state index in [1.165, 1.54) is 10.5 Å². The molecule has 8 heteroatoms. The summed E-state index contributed by atoms with van der Waals surface area (Å²) in [6.07, 6.45) is 3.18. The van der Waals surface area contributed by atoms with E-state index in [-0.39, 0.29) is 24.1 Å². The fraction of sp³-hybridized carbons (Fsp3) is 0.280. The number of aryl methyl sites for hydroxylation is 1. The van der Waals surface area contributed by atoms with Gasteiger partial charge in [-0.05, 0) is 48.6 Å². The second-order valence-electron chi connectivity index (χ2n) is 8.59. The summed E-state index contributed by atoms with van der Waals surface area (Å²) in [4.78, 5) is 54.0. The molecule has 2 aliphatic heterocycles. The Balaban J connectivity index is 1.24. The Morgan fingerprint density at radius 1 is 1.18 bits per heavy atom. The normalized spacial score (nSPS) is 17.9. The lowest BCUT2D eigenvalue weighted by Crippen LogP contribution is -2.52. The summed E-state index contributed by atoms with van der Waals surface area (Å²) in [7, 11) is 0. The fourth-order valence-electron chi connectivity index (χ4n) is 4.68. The highest BCUT2D eigenvalue weighted by Gasteiger charge is 2.39. The maximum atomic E-state index is 12.9. The number of imide groups is 1. The molecule has 1 aromatic heterocycles. The maximum Gasteiger partial charge on any atom is 0.255 e. The smallest absolute Gasteiger partial charge is 0.255 e. The Morgan fingerprint density at radius 2 is 2.03 bits per heavy atom. The molecule has 0 radical (unpaired) electrons. The van der Waals surface area contributed by atoms with Gasteiger partial charge in [-0.1, -0.05) is 24.3 Å². The average molecular weight is 444 g/mol. The predicted molar refractivity (Wildman–Crippen MR) is 122 cm³/mol. The van der Waals surface area contributed by atoms with E-state index in [4.69, 9.17) is 0 Å². The monoisotopic (exact) mass is 444 g/mol. The van der Waals surface area contributed by atoms with Crippen LogP contribution in [0.25, 0.3) is 10.9 Å². The molecule has 1 atom stereocenters. The Labute approximate surface area is 190 Å². The molecule has 0 spiro atoms. The van der Waals surface area contributed by atoms with E-state index in [9.17, 15) is 19.2 Å². The van der Waals surface area contributed by atoms with Gasteiger partial charge in [0.1, 0.15) is 6.04 Å². The Hall–Kier alpha value is -3.94. The number of nitrogens with one attached hydrogen (secondary N) is 3. The molecule has 168 valence electrons. The molecule has 3 aromatic rings. The molecule has 0 aliphatic carbocycles. The lowest BCUT2D eigenvalue weighted by Gasteiger charge is -2.29. The van der Waals surface area contributed by atoms with Crippen LogP contribution in [0, 0.1) is 6.92 Å². The van der Waals surface area contributed by atoms with E-state index in [1.54, 1.807) is 18.2 Å². The maximum absolute atomic E-state index is 12.9. The summed E-state index contributed by atoms with van der Waals surface area (Å²) in [5, 5.41) is 6.38. The number of nitrogens with zero attached hydrogens (tertiary/aromatic N) is 1. The van der Waals surface area contributed by atoms with Gasteiger partial charge >= 0.3 is 0 Å². The van der Waals surface area contributed by atoms with Crippen LogP contribution in [0.3, 0.4) is 0 Å². The van der Waals surface area contributed by atoms with Gasteiger partial charge in [-0.25, -0.2) is 0 Å². The minimum absolute atomic E-state index is 0.209. The molecule has 2 aromatic carbocycles. The van der Waals surface area contributed by atoms with Crippen LogP contribution in [0.2, 0.25) is 0 Å². The molecule has 5 rings (SSSR count). The van der Waals surface area contributed by atoms with Crippen molar-refractivity contribution >= 4 is 34.5 Å². The number of carbonyl (C=O) groups excluding carboxylic acids is 4. The molecule has 8 nitrogen and oxygen atoms in total. The lowest BCUT2D eigenvalue weighted by molar-refractivity contribution is -0.136. The minimum atomic E-state index is -0.667. The van der Waals surface area contributed by atoms with Gasteiger partial charge in [-0.3, -0.25) is 24.5 Å². The number of aromatic nitrogens is 1. The molecule has 2 aliphatic rings. The van der Waals surface area contributed by atoms with Crippen LogP contribution in [0.4, 0.5) is 0 Å². The van der Waals surface area contributed by atoms with Crippen LogP contribution in [0.1, 0.15) is 50.2 Å². The van der Waals surface area contributed by atoms with Crippen molar-refractivity contribution in [3.63, 3.8) is 0 Å². The number of piperidine rings is 1. The molecule has 3 heterocycles. The Bertz CT molecular complexity index is 1310. The van der Waals surface area contributed by atoms with Crippen molar-refractivity contribution in [2.45, 2.75) is 38.8 Å². The van der Waals surface area contributed by atoms with E-state index in [0.29, 0.717) is 37.1 Å². The molecular weight excluding hydrogens is 420 g/mol. The number of H-pyrrole nitrogens is 1. The largest absolute Gasteiger partial charge is 0.361 e. The highest BCUT2D eigenvalue weighted by atomic mass is 16.2. The van der Waals surface area contributed by atoms with Gasteiger partial charge < -0.3 is 15.2 Å². The molecule has 1 fully saturated rings. The van der Waals surface area contributed by atoms with Gasteiger partial charge in [0, 0.05) is 47.7 Å². The average Bonchev–Trinajstić information content (AvgIpc) is 3.36. The van der Waals surface area contributed by atoms with Gasteiger partial charge in [0.15, 0.2) is 0 Å². The third-order valence-corrected chi connectivity index (χ3v) is 6.48. The first-order chi connectivity index (χ1) is 15.9. The van der Waals surface area contributed by atoms with E-state index < -0.39 is 11.9 Å². The zero-order chi connectivity index (χ0) is 23.1. The van der Waals surface area contributed by atoms with E-state index in [1.807, 2.05) is 12.3 Å². The van der Waals surface area contributed by atoms with Crippen LogP contribution in [-0.2, 0) is 22.6 Å². The van der Waals surface area contributed by atoms with Crippen molar-refractivity contribution in [3.05, 3.63) is 70.4 Å². The molecule has 1 unspecified atom stereocenters. The van der Waals surface area contributed by atoms with Gasteiger partial charge in [0.05, 0.1) is 0 Å². The third-order valence-electron chi connectivity index (χ3n) is 6.48. The van der Waals surface area contributed by atoms with Gasteiger partial charge in [0.2, 0.25) is 11.8 Å². The second kappa shape index (κ2) is 8.20. The quantitative estimate of drug-likeness (QED) is 0.524. The van der Waals surface area contributed by atoms with E-state index >= 15 is 0 Å². The highest BCUT2D eigenvalue weighted by molar-refractivity contribution is 6.06. The number of para-hydroxylation sites is 1. The van der Waals surface area contributed by atoms with Crippen molar-refractivity contribution in [2.24, 2.45) is 0 Å². The number of rotatable bonds is 5. The van der Waals surface area contributed by atoms with Crippen LogP contribution in [0.5, 0.6) is 0 Å². The minimum Gasteiger partial charge on any atom is -0.361 e. The predicted octanol–water partition coefficient (Wildman–Crippen LogP) is 2.21. The Morgan fingerprint density at radius 3 is 2.85 bits per heavy atom. The highest BCUT2D eigenvalue weighted by Crippen LogP contribution is 2.28. The van der Waals surface area contributed by atoms with Crippen molar-refractivity contribution in [3.8, 4) is 0 Å². The zero-order valence-corrected chi connectivity index (χ0v) is 18.2. The summed E-state index contributed by atoms with van der Waals surface area (Å²) in [6.45, 7) is 2.82. The summed E-state index contributed by atoms with van der Waals surface area (Å²) >= 11 is 0. The summed E-state index contributed by atoms with van der Waals surface area (Å²) in [6, 6.07) is 10.5. The topological polar surface area (TPSA) is 111 Å². The molecule has 0 bridgehead atoms. The summed E-state index contributed by atoms with van der Waals surface area (Å²) in [5.41, 5.74) is 5.03. The SMILES string of the molecule is Cc1cccc2c(CCNC(=O)c3ccc4c(c3)C(=O)N(C3CCC(=O)NC3=O)C4)c[nH]c12. The molecule has 33 heavy (non-hydrogen) atoms. The number of amides is 4. The van der Waals surface area contributed by atoms with Crippen molar-refractivity contribution in [2.75, 3.05) is 6.54 Å². The van der Waals surface area contributed by atoms with E-state index in [2.05, 4.69) is 34.7 Å². The number of fused-ring (bicyclic) bond motifs is 2. The van der Waals surface area contributed by atoms with Gasteiger partial charge in [0.25, 0.3) is 11.8 Å². The number of benzene rings is 2. The second-order valence-corrected chi connectivity index (χ2v) is 8.59. The fourth-order valence-corrected chi connectivity index (χ4v) is 4.68. The standard InChI is InChI=1S/C25H24N4O4/c1-14-3-2-4-18-16(12-27-22(14)18)9-10-26-23(31)15-5-6-17-13-29(25(33)19(17)11-15)20-7-8-21(30)28-24(20)32/h2-6,11-12,20,27H,7-10,13H2,1H3,(H,26,31)(H,28,30,32). The first-order valence-corrected chi connectivity index (χ1v) is 11.0. The lowest BCUT2D eigenvalue weighted by atomic mass is 10.0. The number of aromatic amines is 1. The van der Waals surface area contributed by atoms with Crippen LogP contribution in [0.15, 0.2) is 42.6 Å². The van der Waals surface area contributed by atoms with Gasteiger partial charge in [-0.15, -0.1) is 0 Å². The zero-order valence-electron chi connectivity index (χ0n) is 18.2. The number of hydrogen-bond acceptors (Lipinski definition) is 4. The van der Waals surface area contributed by atoms with Gasteiger partial charge in [-0.2, -0.15) is 0 Å². The number of carbonyl (C=O) groups is 4. The van der Waals surface area contributed by atoms with Crippen LogP contribution < -0.4 is 10.6 Å². The molecule has 3 N–H and O–H groups in total. The number of hydrogen-bond donors (Lipinski definition) is 3. The van der Waals surface area contributed by atoms with Crippen molar-refractivity contribution in [1.82, 2.24) is 20.5 Å². The van der Waals surface area contributed by atoms with Crippen molar-refractivity contribution in [1.29, 1.82) is 0 Å². The summed E-state index contributed by atoms with van der Waals surface area (Å²) < 4.78 is 0. The molecule has 4 amide bonds. The van der Waals surface area contributed by atoms with E-state index in [0.717, 1.165) is 22.0 Å². The third kappa shape index (κ3) is 3.77. The first kappa shape index (κ1) is 20.9. The Kier molecular flexibility index (Phi) is 5.20. The van der Waals surface area contributed by atoms with Crippen LogP contribution >= 0.6 is 0 Å². The molecule has 0 saturated carbocycles. The van der Waals surface area contributed by atoms with Crippen LogP contribution in [-0.4, -0.2) is 46.1 Å². The van der Waals surface area contributed by atoms with Crippen molar-refractivity contribution < 1.29 is 19.2 Å². The molecule has 1 saturated heterocycles. The molecular formula is C25H24N4O4.